The minimum absolute atomic E-state index is 0.0451. The van der Waals surface area contributed by atoms with E-state index in [9.17, 15) is 14.7 Å². The molecule has 106 valence electrons. The van der Waals surface area contributed by atoms with Crippen molar-refractivity contribution in [1.29, 1.82) is 0 Å². The summed E-state index contributed by atoms with van der Waals surface area (Å²) >= 11 is 1.27. The van der Waals surface area contributed by atoms with Gasteiger partial charge in [-0.3, -0.25) is 9.89 Å². The second-order valence-electron chi connectivity index (χ2n) is 4.12. The molecule has 0 bridgehead atoms. The summed E-state index contributed by atoms with van der Waals surface area (Å²) in [5, 5.41) is 19.8. The van der Waals surface area contributed by atoms with E-state index in [2.05, 4.69) is 20.5 Å². The highest BCUT2D eigenvalue weighted by atomic mass is 32.1. The first-order valence-electron chi connectivity index (χ1n) is 6.10. The number of aliphatic carboxylic acids is 1. The normalized spacial score (nSPS) is 12.1. The van der Waals surface area contributed by atoms with Crippen molar-refractivity contribution in [3.63, 3.8) is 0 Å². The van der Waals surface area contributed by atoms with Crippen molar-refractivity contribution >= 4 is 23.2 Å². The van der Waals surface area contributed by atoms with Crippen molar-refractivity contribution in [2.45, 2.75) is 25.8 Å². The number of aromatic nitrogens is 3. The number of thiophene rings is 1. The van der Waals surface area contributed by atoms with Crippen LogP contribution in [-0.2, 0) is 11.2 Å². The Balaban J connectivity index is 2.10. The Morgan fingerprint density at radius 3 is 2.95 bits per heavy atom. The molecule has 0 fully saturated rings. The number of nitrogens with one attached hydrogen (secondary N) is 2. The van der Waals surface area contributed by atoms with Crippen LogP contribution in [0.3, 0.4) is 0 Å². The maximum absolute atomic E-state index is 12.0. The van der Waals surface area contributed by atoms with Gasteiger partial charge in [0.2, 0.25) is 5.82 Å². The van der Waals surface area contributed by atoms with E-state index in [1.54, 1.807) is 17.5 Å². The van der Waals surface area contributed by atoms with Gasteiger partial charge in [-0.1, -0.05) is 13.0 Å². The number of carbonyl (C=O) groups excluding carboxylic acids is 1. The van der Waals surface area contributed by atoms with Crippen molar-refractivity contribution in [3.8, 4) is 0 Å². The van der Waals surface area contributed by atoms with Crippen molar-refractivity contribution in [1.82, 2.24) is 20.5 Å². The summed E-state index contributed by atoms with van der Waals surface area (Å²) in [4.78, 5) is 27.7. The minimum Gasteiger partial charge on any atom is -0.479 e. The summed E-state index contributed by atoms with van der Waals surface area (Å²) in [6.45, 7) is 1.99. The molecule has 0 saturated heterocycles. The largest absolute Gasteiger partial charge is 0.479 e. The minimum atomic E-state index is -1.12. The van der Waals surface area contributed by atoms with Crippen LogP contribution in [0.25, 0.3) is 0 Å². The molecule has 0 spiro atoms. The number of aryl methyl sites for hydroxylation is 1. The smallest absolute Gasteiger partial charge is 0.331 e. The average molecular weight is 294 g/mol. The van der Waals surface area contributed by atoms with E-state index in [1.807, 2.05) is 6.92 Å². The number of hydrogen-bond donors (Lipinski definition) is 3. The number of amides is 1. The Bertz CT molecular complexity index is 594. The van der Waals surface area contributed by atoms with E-state index in [0.29, 0.717) is 17.1 Å². The lowest BCUT2D eigenvalue weighted by Gasteiger charge is -2.11. The number of carboxylic acid groups (broad SMARTS) is 1. The van der Waals surface area contributed by atoms with Crippen LogP contribution < -0.4 is 5.32 Å². The van der Waals surface area contributed by atoms with Gasteiger partial charge in [0.05, 0.1) is 0 Å². The van der Waals surface area contributed by atoms with Crippen LogP contribution >= 0.6 is 11.3 Å². The van der Waals surface area contributed by atoms with E-state index in [4.69, 9.17) is 0 Å². The van der Waals surface area contributed by atoms with Gasteiger partial charge in [-0.25, -0.2) is 9.78 Å². The number of H-pyrrole nitrogens is 1. The molecular formula is C12H14N4O3S. The lowest BCUT2D eigenvalue weighted by molar-refractivity contribution is -0.139. The molecule has 0 aromatic carbocycles. The van der Waals surface area contributed by atoms with Crippen molar-refractivity contribution < 1.29 is 14.7 Å². The first-order valence-corrected chi connectivity index (χ1v) is 6.98. The summed E-state index contributed by atoms with van der Waals surface area (Å²) in [5.41, 5.74) is 0. The molecule has 2 aromatic rings. The molecule has 1 atom stereocenters. The lowest BCUT2D eigenvalue weighted by Crippen LogP contribution is -2.33. The van der Waals surface area contributed by atoms with Gasteiger partial charge in [0, 0.05) is 11.3 Å². The Labute approximate surface area is 119 Å². The van der Waals surface area contributed by atoms with Crippen LogP contribution in [0.15, 0.2) is 17.5 Å². The highest BCUT2D eigenvalue weighted by Crippen LogP contribution is 2.19. The molecule has 8 heteroatoms. The van der Waals surface area contributed by atoms with Crippen LogP contribution in [-0.4, -0.2) is 32.2 Å². The maximum atomic E-state index is 12.0. The fourth-order valence-electron chi connectivity index (χ4n) is 1.65. The Hall–Kier alpha value is -2.22. The van der Waals surface area contributed by atoms with Gasteiger partial charge in [0.1, 0.15) is 5.82 Å². The third-order valence-corrected chi connectivity index (χ3v) is 3.51. The molecule has 3 N–H and O–H groups in total. The lowest BCUT2D eigenvalue weighted by atomic mass is 10.2. The monoisotopic (exact) mass is 294 g/mol. The van der Waals surface area contributed by atoms with Gasteiger partial charge in [0.25, 0.3) is 5.91 Å². The first kappa shape index (κ1) is 14.2. The van der Waals surface area contributed by atoms with Crippen LogP contribution in [0.2, 0.25) is 0 Å². The third kappa shape index (κ3) is 3.21. The van der Waals surface area contributed by atoms with E-state index >= 15 is 0 Å². The molecule has 7 nitrogen and oxygen atoms in total. The highest BCUT2D eigenvalue weighted by molar-refractivity contribution is 7.10. The van der Waals surface area contributed by atoms with Gasteiger partial charge >= 0.3 is 5.97 Å². The van der Waals surface area contributed by atoms with E-state index < -0.39 is 17.9 Å². The number of carboxylic acids is 1. The zero-order chi connectivity index (χ0) is 14.5. The summed E-state index contributed by atoms with van der Waals surface area (Å²) < 4.78 is 0. The Morgan fingerprint density at radius 2 is 2.35 bits per heavy atom. The molecule has 2 aromatic heterocycles. The van der Waals surface area contributed by atoms with Crippen molar-refractivity contribution in [2.24, 2.45) is 0 Å². The van der Waals surface area contributed by atoms with E-state index in [0.717, 1.165) is 6.42 Å². The third-order valence-electron chi connectivity index (χ3n) is 2.57. The van der Waals surface area contributed by atoms with E-state index in [-0.39, 0.29) is 5.82 Å². The molecule has 0 aliphatic carbocycles. The molecule has 0 aliphatic rings. The Morgan fingerprint density at radius 1 is 1.55 bits per heavy atom. The van der Waals surface area contributed by atoms with Gasteiger partial charge in [0.15, 0.2) is 6.04 Å². The summed E-state index contributed by atoms with van der Waals surface area (Å²) in [6.07, 6.45) is 1.57. The zero-order valence-electron chi connectivity index (χ0n) is 10.8. The van der Waals surface area contributed by atoms with E-state index in [1.165, 1.54) is 11.3 Å². The summed E-state index contributed by atoms with van der Waals surface area (Å²) in [6, 6.07) is 2.30. The fourth-order valence-corrected chi connectivity index (χ4v) is 2.42. The van der Waals surface area contributed by atoms with Crippen LogP contribution in [0.1, 0.15) is 40.7 Å². The van der Waals surface area contributed by atoms with Gasteiger partial charge in [-0.2, -0.15) is 0 Å². The summed E-state index contributed by atoms with van der Waals surface area (Å²) in [7, 11) is 0. The quantitative estimate of drug-likeness (QED) is 0.745. The topological polar surface area (TPSA) is 108 Å². The van der Waals surface area contributed by atoms with Crippen LogP contribution in [0.4, 0.5) is 0 Å². The summed E-state index contributed by atoms with van der Waals surface area (Å²) in [5.74, 6) is -1.16. The predicted molar refractivity (Wildman–Crippen MR) is 72.5 cm³/mol. The number of hydrogen-bond acceptors (Lipinski definition) is 5. The fraction of sp³-hybridized carbons (Fsp3) is 0.333. The highest BCUT2D eigenvalue weighted by Gasteiger charge is 2.25. The SMILES string of the molecule is CCCc1nc(C(=O)NC(C(=O)O)c2cccs2)n[nH]1. The number of nitrogens with zero attached hydrogens (tertiary/aromatic N) is 2. The number of rotatable bonds is 6. The van der Waals surface area contributed by atoms with Gasteiger partial charge < -0.3 is 10.4 Å². The maximum Gasteiger partial charge on any atom is 0.331 e. The van der Waals surface area contributed by atoms with Gasteiger partial charge in [-0.05, 0) is 17.9 Å². The molecule has 0 saturated carbocycles. The number of aromatic amines is 1. The van der Waals surface area contributed by atoms with Crippen molar-refractivity contribution in [2.75, 3.05) is 0 Å². The molecule has 1 amide bonds. The predicted octanol–water partition coefficient (Wildman–Crippen LogP) is 1.37. The average Bonchev–Trinajstić information content (AvgIpc) is 3.06. The van der Waals surface area contributed by atoms with Gasteiger partial charge in [-0.15, -0.1) is 16.4 Å². The molecular weight excluding hydrogens is 280 g/mol. The second-order valence-corrected chi connectivity index (χ2v) is 5.10. The van der Waals surface area contributed by atoms with Crippen LogP contribution in [0, 0.1) is 0 Å². The molecule has 2 heterocycles. The standard InChI is InChI=1S/C12H14N4O3S/c1-2-4-8-13-10(16-15-8)11(17)14-9(12(18)19)7-5-3-6-20-7/h3,5-6,9H,2,4H2,1H3,(H,14,17)(H,18,19)(H,13,15,16). The zero-order valence-corrected chi connectivity index (χ0v) is 11.6. The molecule has 0 aliphatic heterocycles. The second kappa shape index (κ2) is 6.29. The van der Waals surface area contributed by atoms with Crippen molar-refractivity contribution in [3.05, 3.63) is 34.0 Å². The molecule has 20 heavy (non-hydrogen) atoms. The molecule has 2 rings (SSSR count). The van der Waals surface area contributed by atoms with Crippen LogP contribution in [0.5, 0.6) is 0 Å². The molecule has 0 radical (unpaired) electrons. The molecule has 1 unspecified atom stereocenters. The first-order chi connectivity index (χ1) is 9.61. The number of carbonyl (C=O) groups is 2. The Kier molecular flexibility index (Phi) is 4.46.